The second-order valence-corrected chi connectivity index (χ2v) is 2.88. The lowest BCUT2D eigenvalue weighted by Crippen LogP contribution is -2.00. The molecule has 0 aliphatic carbocycles. The zero-order valence-corrected chi connectivity index (χ0v) is 7.32. The average Bonchev–Trinajstić information content (AvgIpc) is 2.44. The van der Waals surface area contributed by atoms with Gasteiger partial charge < -0.3 is 4.57 Å². The number of hydrogen-bond donors (Lipinski definition) is 0. The van der Waals surface area contributed by atoms with Gasteiger partial charge in [-0.15, -0.1) is 0 Å². The molecule has 0 atom stereocenters. The maximum Gasteiger partial charge on any atom is 0.219 e. The standard InChI is InChI=1S/C10H9N2O/c1-8-11-9-4-2-3-5-10(9)12(8)6-7-13/h2-5H,6H2,1H3. The molecule has 0 saturated carbocycles. The molecule has 0 unspecified atom stereocenters. The minimum absolute atomic E-state index is 0.256. The summed E-state index contributed by atoms with van der Waals surface area (Å²) in [4.78, 5) is 14.6. The average molecular weight is 173 g/mol. The van der Waals surface area contributed by atoms with Crippen LogP contribution in [0.3, 0.4) is 0 Å². The smallest absolute Gasteiger partial charge is 0.219 e. The molecule has 0 fully saturated rings. The fourth-order valence-electron chi connectivity index (χ4n) is 1.46. The van der Waals surface area contributed by atoms with Gasteiger partial charge in [-0.3, -0.25) is 4.79 Å². The number of imidazole rings is 1. The SMILES string of the molecule is Cc1nc2ccccc2n1C[C]=O. The highest BCUT2D eigenvalue weighted by Gasteiger charge is 2.04. The zero-order chi connectivity index (χ0) is 9.26. The molecule has 0 aliphatic heterocycles. The highest BCUT2D eigenvalue weighted by atomic mass is 16.1. The monoisotopic (exact) mass is 173 g/mol. The van der Waals surface area contributed by atoms with Crippen LogP contribution in [0.5, 0.6) is 0 Å². The first-order valence-corrected chi connectivity index (χ1v) is 4.10. The number of aromatic nitrogens is 2. The summed E-state index contributed by atoms with van der Waals surface area (Å²) in [5.74, 6) is 0.851. The van der Waals surface area contributed by atoms with Gasteiger partial charge in [0, 0.05) is 0 Å². The molecule has 0 aliphatic rings. The van der Waals surface area contributed by atoms with Crippen LogP contribution in [0.4, 0.5) is 0 Å². The molecule has 13 heavy (non-hydrogen) atoms. The highest BCUT2D eigenvalue weighted by molar-refractivity contribution is 5.76. The Bertz CT molecular complexity index is 445. The van der Waals surface area contributed by atoms with Crippen molar-refractivity contribution in [1.82, 2.24) is 9.55 Å². The topological polar surface area (TPSA) is 34.9 Å². The van der Waals surface area contributed by atoms with Crippen LogP contribution < -0.4 is 0 Å². The molecule has 0 amide bonds. The third-order valence-electron chi connectivity index (χ3n) is 2.07. The van der Waals surface area contributed by atoms with E-state index in [1.807, 2.05) is 42.0 Å². The van der Waals surface area contributed by atoms with Gasteiger partial charge in [0.2, 0.25) is 6.29 Å². The molecule has 65 valence electrons. The maximum atomic E-state index is 10.3. The molecular weight excluding hydrogens is 164 g/mol. The number of para-hydroxylation sites is 2. The summed E-state index contributed by atoms with van der Waals surface area (Å²) >= 11 is 0. The van der Waals surface area contributed by atoms with Crippen molar-refractivity contribution in [2.45, 2.75) is 13.5 Å². The Hall–Kier alpha value is -1.64. The Balaban J connectivity index is 2.70. The van der Waals surface area contributed by atoms with Gasteiger partial charge in [0.05, 0.1) is 17.6 Å². The Morgan fingerprint density at radius 3 is 3.00 bits per heavy atom. The first kappa shape index (κ1) is 7.98. The van der Waals surface area contributed by atoms with Crippen LogP contribution >= 0.6 is 0 Å². The molecule has 1 radical (unpaired) electrons. The van der Waals surface area contributed by atoms with E-state index in [0.29, 0.717) is 0 Å². The van der Waals surface area contributed by atoms with Gasteiger partial charge in [0.1, 0.15) is 5.82 Å². The van der Waals surface area contributed by atoms with Crippen molar-refractivity contribution in [3.8, 4) is 0 Å². The van der Waals surface area contributed by atoms with Gasteiger partial charge in [-0.1, -0.05) is 12.1 Å². The summed E-state index contributed by atoms with van der Waals surface area (Å²) in [6.45, 7) is 2.14. The van der Waals surface area contributed by atoms with Crippen LogP contribution in [0.25, 0.3) is 11.0 Å². The Kier molecular flexibility index (Phi) is 1.85. The van der Waals surface area contributed by atoms with Crippen molar-refractivity contribution < 1.29 is 4.79 Å². The number of nitrogens with zero attached hydrogens (tertiary/aromatic N) is 2. The molecule has 1 heterocycles. The van der Waals surface area contributed by atoms with Gasteiger partial charge in [-0.2, -0.15) is 0 Å². The molecule has 1 aromatic heterocycles. The van der Waals surface area contributed by atoms with E-state index in [0.717, 1.165) is 16.9 Å². The van der Waals surface area contributed by atoms with Crippen LogP contribution in [-0.2, 0) is 11.3 Å². The van der Waals surface area contributed by atoms with E-state index in [-0.39, 0.29) is 6.54 Å². The van der Waals surface area contributed by atoms with Gasteiger partial charge in [0.25, 0.3) is 0 Å². The molecule has 0 bridgehead atoms. The van der Waals surface area contributed by atoms with E-state index < -0.39 is 0 Å². The van der Waals surface area contributed by atoms with Gasteiger partial charge in [-0.05, 0) is 19.1 Å². The lowest BCUT2D eigenvalue weighted by molar-refractivity contribution is 0.545. The first-order chi connectivity index (χ1) is 6.33. The molecule has 0 N–H and O–H groups in total. The van der Waals surface area contributed by atoms with Crippen LogP contribution in [0.1, 0.15) is 5.82 Å². The zero-order valence-electron chi connectivity index (χ0n) is 7.32. The summed E-state index contributed by atoms with van der Waals surface area (Å²) < 4.78 is 1.85. The third kappa shape index (κ3) is 1.22. The minimum atomic E-state index is 0.256. The second-order valence-electron chi connectivity index (χ2n) is 2.88. The highest BCUT2D eigenvalue weighted by Crippen LogP contribution is 2.14. The summed E-state index contributed by atoms with van der Waals surface area (Å²) in [5.41, 5.74) is 1.92. The molecule has 0 saturated heterocycles. The second kappa shape index (κ2) is 3.01. The quantitative estimate of drug-likeness (QED) is 0.689. The number of carbonyl (C=O) groups excluding carboxylic acids is 1. The van der Waals surface area contributed by atoms with E-state index >= 15 is 0 Å². The van der Waals surface area contributed by atoms with E-state index in [9.17, 15) is 4.79 Å². The predicted molar refractivity (Wildman–Crippen MR) is 50.2 cm³/mol. The number of hydrogen-bond acceptors (Lipinski definition) is 2. The van der Waals surface area contributed by atoms with Crippen molar-refractivity contribution in [3.63, 3.8) is 0 Å². The van der Waals surface area contributed by atoms with Gasteiger partial charge >= 0.3 is 0 Å². The van der Waals surface area contributed by atoms with E-state index in [4.69, 9.17) is 0 Å². The van der Waals surface area contributed by atoms with Crippen LogP contribution in [-0.4, -0.2) is 15.8 Å². The maximum absolute atomic E-state index is 10.3. The van der Waals surface area contributed by atoms with Crippen LogP contribution in [0, 0.1) is 6.92 Å². The van der Waals surface area contributed by atoms with Crippen molar-refractivity contribution in [3.05, 3.63) is 30.1 Å². The van der Waals surface area contributed by atoms with Crippen molar-refractivity contribution in [2.75, 3.05) is 0 Å². The Morgan fingerprint density at radius 1 is 1.46 bits per heavy atom. The van der Waals surface area contributed by atoms with E-state index in [1.165, 1.54) is 0 Å². The van der Waals surface area contributed by atoms with E-state index in [1.54, 1.807) is 0 Å². The molecule has 2 rings (SSSR count). The Morgan fingerprint density at radius 2 is 2.23 bits per heavy atom. The lowest BCUT2D eigenvalue weighted by atomic mass is 10.3. The van der Waals surface area contributed by atoms with Crippen molar-refractivity contribution in [1.29, 1.82) is 0 Å². The van der Waals surface area contributed by atoms with Crippen LogP contribution in [0.2, 0.25) is 0 Å². The molecular formula is C10H9N2O. The normalized spacial score (nSPS) is 10.5. The Labute approximate surface area is 76.0 Å². The number of benzene rings is 1. The van der Waals surface area contributed by atoms with Gasteiger partial charge in [0.15, 0.2) is 0 Å². The number of rotatable bonds is 2. The molecule has 0 spiro atoms. The number of fused-ring (bicyclic) bond motifs is 1. The summed E-state index contributed by atoms with van der Waals surface area (Å²) in [6.07, 6.45) is 1.88. The molecule has 1 aromatic carbocycles. The first-order valence-electron chi connectivity index (χ1n) is 4.10. The third-order valence-corrected chi connectivity index (χ3v) is 2.07. The molecule has 3 nitrogen and oxygen atoms in total. The van der Waals surface area contributed by atoms with E-state index in [2.05, 4.69) is 4.98 Å². The summed E-state index contributed by atoms with van der Waals surface area (Å²) in [7, 11) is 0. The summed E-state index contributed by atoms with van der Waals surface area (Å²) in [6, 6.07) is 7.75. The van der Waals surface area contributed by atoms with Crippen molar-refractivity contribution in [2.24, 2.45) is 0 Å². The molecule has 2 aromatic rings. The molecule has 3 heteroatoms. The van der Waals surface area contributed by atoms with Crippen molar-refractivity contribution >= 4 is 17.3 Å². The minimum Gasteiger partial charge on any atom is -0.320 e. The van der Waals surface area contributed by atoms with Gasteiger partial charge in [-0.25, -0.2) is 4.98 Å². The summed E-state index contributed by atoms with van der Waals surface area (Å²) in [5, 5.41) is 0. The fraction of sp³-hybridized carbons (Fsp3) is 0.200. The predicted octanol–water partition coefficient (Wildman–Crippen LogP) is 1.45. The van der Waals surface area contributed by atoms with Crippen LogP contribution in [0.15, 0.2) is 24.3 Å². The largest absolute Gasteiger partial charge is 0.320 e. The fourth-order valence-corrected chi connectivity index (χ4v) is 1.46. The number of aryl methyl sites for hydroxylation is 1. The lowest BCUT2D eigenvalue weighted by Gasteiger charge is -1.98.